The summed E-state index contributed by atoms with van der Waals surface area (Å²) in [6.07, 6.45) is -0.634. The minimum Gasteiger partial charge on any atom is -0.389 e. The molecule has 1 rings (SSSR count). The molecule has 1 saturated heterocycles. The first-order chi connectivity index (χ1) is 7.76. The molecule has 1 aliphatic rings. The van der Waals surface area contributed by atoms with Gasteiger partial charge in [0.2, 0.25) is 5.91 Å². The van der Waals surface area contributed by atoms with E-state index in [2.05, 4.69) is 5.32 Å². The number of likely N-dealkylation sites (tertiary alicyclic amines) is 1. The lowest BCUT2D eigenvalue weighted by Crippen LogP contribution is -2.51. The van der Waals surface area contributed by atoms with Crippen molar-refractivity contribution in [3.05, 3.63) is 0 Å². The van der Waals surface area contributed by atoms with E-state index in [1.54, 1.807) is 11.8 Å². The smallest absolute Gasteiger partial charge is 0.237 e. The number of rotatable bonds is 4. The van der Waals surface area contributed by atoms with Crippen LogP contribution >= 0.6 is 0 Å². The van der Waals surface area contributed by atoms with Gasteiger partial charge in [-0.2, -0.15) is 0 Å². The number of carbonyl (C=O) groups excluding carboxylic acids is 1. The molecule has 0 saturated carbocycles. The molecule has 1 fully saturated rings. The van der Waals surface area contributed by atoms with E-state index in [-0.39, 0.29) is 17.5 Å². The van der Waals surface area contributed by atoms with Gasteiger partial charge >= 0.3 is 0 Å². The highest BCUT2D eigenvalue weighted by atomic mass is 16.3. The second-order valence-corrected chi connectivity index (χ2v) is 5.49. The van der Waals surface area contributed by atoms with E-state index in [4.69, 9.17) is 0 Å². The van der Waals surface area contributed by atoms with E-state index in [9.17, 15) is 15.0 Å². The van der Waals surface area contributed by atoms with Gasteiger partial charge in [0.05, 0.1) is 18.2 Å². The van der Waals surface area contributed by atoms with Crippen LogP contribution in [0.5, 0.6) is 0 Å². The first kappa shape index (κ1) is 14.4. The Morgan fingerprint density at radius 1 is 1.41 bits per heavy atom. The minimum atomic E-state index is -0.746. The quantitative estimate of drug-likeness (QED) is 0.636. The van der Waals surface area contributed by atoms with Gasteiger partial charge in [0.25, 0.3) is 0 Å². The molecule has 0 aromatic heterocycles. The van der Waals surface area contributed by atoms with Gasteiger partial charge in [0, 0.05) is 18.6 Å². The van der Waals surface area contributed by atoms with Gasteiger partial charge in [-0.1, -0.05) is 6.92 Å². The SMILES string of the molecule is CCC(C)(C)NC(=O)C(C)N1CC(O)C(O)C1. The molecule has 17 heavy (non-hydrogen) atoms. The Labute approximate surface area is 103 Å². The van der Waals surface area contributed by atoms with Crippen LogP contribution in [-0.4, -0.2) is 57.9 Å². The van der Waals surface area contributed by atoms with E-state index in [0.29, 0.717) is 13.1 Å². The molecule has 1 amide bonds. The molecule has 0 aliphatic carbocycles. The minimum absolute atomic E-state index is 0.0573. The average Bonchev–Trinajstić information content (AvgIpc) is 2.57. The van der Waals surface area contributed by atoms with Gasteiger partial charge in [0.1, 0.15) is 0 Å². The van der Waals surface area contributed by atoms with Crippen LogP contribution in [0.1, 0.15) is 34.1 Å². The monoisotopic (exact) mass is 244 g/mol. The highest BCUT2D eigenvalue weighted by molar-refractivity contribution is 5.82. The molecule has 3 unspecified atom stereocenters. The van der Waals surface area contributed by atoms with Gasteiger partial charge in [0.15, 0.2) is 0 Å². The van der Waals surface area contributed by atoms with E-state index < -0.39 is 12.2 Å². The molecule has 5 heteroatoms. The van der Waals surface area contributed by atoms with E-state index in [1.807, 2.05) is 20.8 Å². The lowest BCUT2D eigenvalue weighted by Gasteiger charge is -2.29. The average molecular weight is 244 g/mol. The van der Waals surface area contributed by atoms with Crippen LogP contribution in [0.2, 0.25) is 0 Å². The summed E-state index contributed by atoms with van der Waals surface area (Å²) in [7, 11) is 0. The third-order valence-electron chi connectivity index (χ3n) is 3.56. The molecular formula is C12H24N2O3. The summed E-state index contributed by atoms with van der Waals surface area (Å²) < 4.78 is 0. The highest BCUT2D eigenvalue weighted by Gasteiger charge is 2.35. The number of hydrogen-bond acceptors (Lipinski definition) is 4. The molecule has 0 radical (unpaired) electrons. The van der Waals surface area contributed by atoms with Crippen molar-refractivity contribution in [1.29, 1.82) is 0 Å². The molecule has 0 aromatic carbocycles. The molecule has 0 bridgehead atoms. The first-order valence-corrected chi connectivity index (χ1v) is 6.19. The number of carbonyl (C=O) groups is 1. The van der Waals surface area contributed by atoms with Crippen molar-refractivity contribution in [1.82, 2.24) is 10.2 Å². The van der Waals surface area contributed by atoms with Crippen molar-refractivity contribution < 1.29 is 15.0 Å². The molecule has 1 aliphatic heterocycles. The van der Waals surface area contributed by atoms with Crippen LogP contribution in [0.25, 0.3) is 0 Å². The zero-order valence-corrected chi connectivity index (χ0v) is 11.1. The summed E-state index contributed by atoms with van der Waals surface area (Å²) >= 11 is 0. The van der Waals surface area contributed by atoms with Crippen molar-refractivity contribution in [2.75, 3.05) is 13.1 Å². The second kappa shape index (κ2) is 5.33. The molecular weight excluding hydrogens is 220 g/mol. The largest absolute Gasteiger partial charge is 0.389 e. The summed E-state index contributed by atoms with van der Waals surface area (Å²) in [5, 5.41) is 21.9. The third kappa shape index (κ3) is 3.66. The van der Waals surface area contributed by atoms with E-state index in [0.717, 1.165) is 6.42 Å². The predicted octanol–water partition coefficient (Wildman–Crippen LogP) is -0.283. The van der Waals surface area contributed by atoms with Crippen LogP contribution in [0.15, 0.2) is 0 Å². The van der Waals surface area contributed by atoms with Crippen molar-refractivity contribution in [3.63, 3.8) is 0 Å². The summed E-state index contributed by atoms with van der Waals surface area (Å²) in [5.74, 6) is -0.0573. The zero-order chi connectivity index (χ0) is 13.2. The van der Waals surface area contributed by atoms with Crippen molar-refractivity contribution >= 4 is 5.91 Å². The summed E-state index contributed by atoms with van der Waals surface area (Å²) in [6.45, 7) is 8.47. The number of β-amino-alcohol motifs (C(OH)–C–C–N with tert-alkyl or cyclic N) is 2. The molecule has 0 aromatic rings. The normalized spacial score (nSPS) is 28.1. The maximum atomic E-state index is 12.0. The Kier molecular flexibility index (Phi) is 4.52. The summed E-state index contributed by atoms with van der Waals surface area (Å²) in [6, 6.07) is -0.326. The highest BCUT2D eigenvalue weighted by Crippen LogP contribution is 2.15. The number of nitrogens with one attached hydrogen (secondary N) is 1. The third-order valence-corrected chi connectivity index (χ3v) is 3.56. The Bertz CT molecular complexity index is 271. The van der Waals surface area contributed by atoms with Crippen molar-refractivity contribution in [2.24, 2.45) is 0 Å². The van der Waals surface area contributed by atoms with Gasteiger partial charge in [-0.25, -0.2) is 0 Å². The Morgan fingerprint density at radius 3 is 2.29 bits per heavy atom. The molecule has 0 spiro atoms. The van der Waals surface area contributed by atoms with Gasteiger partial charge in [-0.05, 0) is 27.2 Å². The Hall–Kier alpha value is -0.650. The van der Waals surface area contributed by atoms with E-state index >= 15 is 0 Å². The van der Waals surface area contributed by atoms with Crippen LogP contribution in [0.3, 0.4) is 0 Å². The van der Waals surface area contributed by atoms with Crippen molar-refractivity contribution in [3.8, 4) is 0 Å². The van der Waals surface area contributed by atoms with Crippen LogP contribution in [0.4, 0.5) is 0 Å². The van der Waals surface area contributed by atoms with Crippen LogP contribution in [0, 0.1) is 0 Å². The molecule has 1 heterocycles. The summed E-state index contributed by atoms with van der Waals surface area (Å²) in [4.78, 5) is 13.8. The lowest BCUT2D eigenvalue weighted by molar-refractivity contribution is -0.127. The number of aliphatic hydroxyl groups is 2. The maximum Gasteiger partial charge on any atom is 0.237 e. The Morgan fingerprint density at radius 2 is 1.88 bits per heavy atom. The fraction of sp³-hybridized carbons (Fsp3) is 0.917. The first-order valence-electron chi connectivity index (χ1n) is 6.19. The molecule has 5 nitrogen and oxygen atoms in total. The maximum absolute atomic E-state index is 12.0. The molecule has 3 N–H and O–H groups in total. The number of nitrogens with zero attached hydrogens (tertiary/aromatic N) is 1. The Balaban J connectivity index is 2.53. The van der Waals surface area contributed by atoms with Gasteiger partial charge in [-0.3, -0.25) is 9.69 Å². The van der Waals surface area contributed by atoms with E-state index in [1.165, 1.54) is 0 Å². The standard InChI is InChI=1S/C12H24N2O3/c1-5-12(3,4)13-11(17)8(2)14-6-9(15)10(16)7-14/h8-10,15-16H,5-7H2,1-4H3,(H,13,17). The summed E-state index contributed by atoms with van der Waals surface area (Å²) in [5.41, 5.74) is -0.220. The second-order valence-electron chi connectivity index (χ2n) is 5.49. The lowest BCUT2D eigenvalue weighted by atomic mass is 10.0. The topological polar surface area (TPSA) is 72.8 Å². The van der Waals surface area contributed by atoms with Crippen molar-refractivity contribution in [2.45, 2.75) is 57.9 Å². The number of hydrogen-bond donors (Lipinski definition) is 3. The zero-order valence-electron chi connectivity index (χ0n) is 11.1. The van der Waals surface area contributed by atoms with Crippen LogP contribution in [-0.2, 0) is 4.79 Å². The molecule has 100 valence electrons. The fourth-order valence-electron chi connectivity index (χ4n) is 1.81. The number of aliphatic hydroxyl groups excluding tert-OH is 2. The molecule has 3 atom stereocenters. The fourth-order valence-corrected chi connectivity index (χ4v) is 1.81. The predicted molar refractivity (Wildman–Crippen MR) is 65.6 cm³/mol. The van der Waals surface area contributed by atoms with Gasteiger partial charge in [-0.15, -0.1) is 0 Å². The number of amides is 1. The van der Waals surface area contributed by atoms with Gasteiger partial charge < -0.3 is 15.5 Å². The van der Waals surface area contributed by atoms with Crippen LogP contribution < -0.4 is 5.32 Å².